The third-order valence-electron chi connectivity index (χ3n) is 3.24. The average molecular weight is 348 g/mol. The number of benzene rings is 1. The number of fused-ring (bicyclic) bond motifs is 1. The van der Waals surface area contributed by atoms with E-state index in [9.17, 15) is 14.7 Å². The van der Waals surface area contributed by atoms with Crippen LogP contribution in [0.3, 0.4) is 0 Å². The van der Waals surface area contributed by atoms with Gasteiger partial charge in [-0.1, -0.05) is 23.9 Å². The largest absolute Gasteiger partial charge is 0.465 e. The van der Waals surface area contributed by atoms with Crippen molar-refractivity contribution in [1.82, 2.24) is 9.55 Å². The summed E-state index contributed by atoms with van der Waals surface area (Å²) in [7, 11) is 1.30. The molecule has 0 aliphatic rings. The molecule has 7 heteroatoms. The van der Waals surface area contributed by atoms with Crippen LogP contribution < -0.4 is 5.56 Å². The highest BCUT2D eigenvalue weighted by Gasteiger charge is 2.15. The maximum absolute atomic E-state index is 12.7. The molecule has 1 heterocycles. The molecule has 0 fully saturated rings. The maximum Gasteiger partial charge on any atom is 0.337 e. The molecule has 1 atom stereocenters. The maximum atomic E-state index is 12.7. The van der Waals surface area contributed by atoms with Crippen LogP contribution in [-0.2, 0) is 11.3 Å². The normalized spacial score (nSPS) is 12.2. The SMILES string of the molecule is C=C(C)CSc1nc2cc(C(=O)OC)ccc2c(=O)n1C[C@H](C)O. The van der Waals surface area contributed by atoms with E-state index in [1.54, 1.807) is 19.1 Å². The molecule has 0 saturated carbocycles. The van der Waals surface area contributed by atoms with Gasteiger partial charge in [-0.3, -0.25) is 9.36 Å². The molecule has 0 aliphatic carbocycles. The van der Waals surface area contributed by atoms with Crippen molar-refractivity contribution in [2.45, 2.75) is 31.7 Å². The van der Waals surface area contributed by atoms with E-state index in [1.807, 2.05) is 6.92 Å². The summed E-state index contributed by atoms with van der Waals surface area (Å²) in [5, 5.41) is 10.6. The van der Waals surface area contributed by atoms with Crippen molar-refractivity contribution in [1.29, 1.82) is 0 Å². The van der Waals surface area contributed by atoms with Crippen molar-refractivity contribution in [2.75, 3.05) is 12.9 Å². The predicted octanol–water partition coefficient (Wildman–Crippen LogP) is 2.23. The molecule has 24 heavy (non-hydrogen) atoms. The van der Waals surface area contributed by atoms with Crippen molar-refractivity contribution < 1.29 is 14.6 Å². The molecule has 0 radical (unpaired) electrons. The van der Waals surface area contributed by atoms with Crippen LogP contribution in [0.15, 0.2) is 40.3 Å². The molecule has 2 rings (SSSR count). The Kier molecular flexibility index (Phi) is 5.80. The summed E-state index contributed by atoms with van der Waals surface area (Å²) in [6.45, 7) is 7.50. The first-order chi connectivity index (χ1) is 11.3. The van der Waals surface area contributed by atoms with Gasteiger partial charge in [0.1, 0.15) is 0 Å². The Hall–Kier alpha value is -2.12. The fourth-order valence-corrected chi connectivity index (χ4v) is 3.02. The molecule has 0 unspecified atom stereocenters. The summed E-state index contributed by atoms with van der Waals surface area (Å²) in [4.78, 5) is 28.9. The Labute approximate surface area is 144 Å². The fourth-order valence-electron chi connectivity index (χ4n) is 2.17. The van der Waals surface area contributed by atoms with Gasteiger partial charge < -0.3 is 9.84 Å². The molecule has 0 saturated heterocycles. The average Bonchev–Trinajstić information content (AvgIpc) is 2.54. The van der Waals surface area contributed by atoms with E-state index in [-0.39, 0.29) is 12.1 Å². The second-order valence-electron chi connectivity index (χ2n) is 5.63. The minimum absolute atomic E-state index is 0.152. The summed E-state index contributed by atoms with van der Waals surface area (Å²) in [5.74, 6) is 0.122. The lowest BCUT2D eigenvalue weighted by atomic mass is 10.1. The summed E-state index contributed by atoms with van der Waals surface area (Å²) < 4.78 is 6.16. The van der Waals surface area contributed by atoms with E-state index in [4.69, 9.17) is 4.74 Å². The second kappa shape index (κ2) is 7.63. The number of carbonyl (C=O) groups excluding carboxylic acids is 1. The number of ether oxygens (including phenoxy) is 1. The van der Waals surface area contributed by atoms with Gasteiger partial charge in [-0.25, -0.2) is 9.78 Å². The number of aromatic nitrogens is 2. The molecule has 1 N–H and O–H groups in total. The second-order valence-corrected chi connectivity index (χ2v) is 6.57. The topological polar surface area (TPSA) is 81.4 Å². The first-order valence-corrected chi connectivity index (χ1v) is 8.40. The highest BCUT2D eigenvalue weighted by molar-refractivity contribution is 7.99. The van der Waals surface area contributed by atoms with Crippen molar-refractivity contribution in [2.24, 2.45) is 0 Å². The molecule has 128 valence electrons. The Morgan fingerprint density at radius 1 is 1.50 bits per heavy atom. The number of rotatable bonds is 6. The number of esters is 1. The van der Waals surface area contributed by atoms with E-state index in [1.165, 1.54) is 29.5 Å². The third-order valence-corrected chi connectivity index (χ3v) is 4.44. The van der Waals surface area contributed by atoms with E-state index >= 15 is 0 Å². The van der Waals surface area contributed by atoms with Crippen LogP contribution in [0.25, 0.3) is 10.9 Å². The number of hydrogen-bond donors (Lipinski definition) is 1. The van der Waals surface area contributed by atoms with Gasteiger partial charge in [0.2, 0.25) is 0 Å². The van der Waals surface area contributed by atoms with Crippen LogP contribution in [0, 0.1) is 0 Å². The summed E-state index contributed by atoms with van der Waals surface area (Å²) in [5.41, 5.74) is 1.46. The number of methoxy groups -OCH3 is 1. The Morgan fingerprint density at radius 3 is 2.79 bits per heavy atom. The summed E-state index contributed by atoms with van der Waals surface area (Å²) >= 11 is 1.37. The molecule has 0 aliphatic heterocycles. The van der Waals surface area contributed by atoms with Gasteiger partial charge in [0.25, 0.3) is 5.56 Å². The minimum atomic E-state index is -0.680. The quantitative estimate of drug-likeness (QED) is 0.373. The van der Waals surface area contributed by atoms with Crippen molar-refractivity contribution in [3.05, 3.63) is 46.3 Å². The molecule has 0 bridgehead atoms. The van der Waals surface area contributed by atoms with Crippen molar-refractivity contribution in [3.63, 3.8) is 0 Å². The number of aliphatic hydroxyl groups excluding tert-OH is 1. The van der Waals surface area contributed by atoms with Crippen molar-refractivity contribution >= 4 is 28.6 Å². The van der Waals surface area contributed by atoms with Crippen LogP contribution in [0.1, 0.15) is 24.2 Å². The molecular weight excluding hydrogens is 328 g/mol. The van der Waals surface area contributed by atoms with Gasteiger partial charge in [0, 0.05) is 5.75 Å². The molecule has 0 amide bonds. The standard InChI is InChI=1S/C17H20N2O4S/c1-10(2)9-24-17-18-14-7-12(16(22)23-4)5-6-13(14)15(21)19(17)8-11(3)20/h5-7,11,20H,1,8-9H2,2-4H3/t11-/m0/s1. The minimum Gasteiger partial charge on any atom is -0.465 e. The van der Waals surface area contributed by atoms with Crippen LogP contribution >= 0.6 is 11.8 Å². The molecule has 0 spiro atoms. The highest BCUT2D eigenvalue weighted by Crippen LogP contribution is 2.21. The lowest BCUT2D eigenvalue weighted by molar-refractivity contribution is 0.0601. The van der Waals surface area contributed by atoms with E-state index in [2.05, 4.69) is 11.6 Å². The third kappa shape index (κ3) is 4.04. The Bertz CT molecular complexity index is 842. The van der Waals surface area contributed by atoms with Gasteiger partial charge >= 0.3 is 5.97 Å². The number of hydrogen-bond acceptors (Lipinski definition) is 6. The fraction of sp³-hybridized carbons (Fsp3) is 0.353. The van der Waals surface area contributed by atoms with Crippen LogP contribution in [-0.4, -0.2) is 39.6 Å². The Balaban J connectivity index is 2.62. The molecule has 1 aromatic carbocycles. The zero-order chi connectivity index (χ0) is 17.9. The monoisotopic (exact) mass is 348 g/mol. The van der Waals surface area contributed by atoms with Crippen LogP contribution in [0.2, 0.25) is 0 Å². The van der Waals surface area contributed by atoms with Gasteiger partial charge in [0.15, 0.2) is 5.16 Å². The van der Waals surface area contributed by atoms with Gasteiger partial charge in [-0.2, -0.15) is 0 Å². The van der Waals surface area contributed by atoms with Gasteiger partial charge in [0.05, 0.1) is 36.2 Å². The summed E-state index contributed by atoms with van der Waals surface area (Å²) in [6.07, 6.45) is -0.680. The number of nitrogens with zero attached hydrogens (tertiary/aromatic N) is 2. The summed E-state index contributed by atoms with van der Waals surface area (Å²) in [6, 6.07) is 4.63. The lowest BCUT2D eigenvalue weighted by Gasteiger charge is -2.14. The molecule has 6 nitrogen and oxygen atoms in total. The molecule has 1 aromatic heterocycles. The zero-order valence-electron chi connectivity index (χ0n) is 13.9. The number of thioether (sulfide) groups is 1. The van der Waals surface area contributed by atoms with Gasteiger partial charge in [-0.05, 0) is 32.0 Å². The van der Waals surface area contributed by atoms with Crippen molar-refractivity contribution in [3.8, 4) is 0 Å². The van der Waals surface area contributed by atoms with Crippen LogP contribution in [0.4, 0.5) is 0 Å². The van der Waals surface area contributed by atoms with Gasteiger partial charge in [-0.15, -0.1) is 0 Å². The highest BCUT2D eigenvalue weighted by atomic mass is 32.2. The van der Waals surface area contributed by atoms with E-state index in [0.29, 0.717) is 27.4 Å². The van der Waals surface area contributed by atoms with Crippen LogP contribution in [0.5, 0.6) is 0 Å². The molecule has 2 aromatic rings. The number of aliphatic hydroxyl groups is 1. The van der Waals surface area contributed by atoms with E-state index < -0.39 is 12.1 Å². The van der Waals surface area contributed by atoms with E-state index in [0.717, 1.165) is 5.57 Å². The first kappa shape index (κ1) is 18.2. The molecular formula is C17H20N2O4S. The lowest BCUT2D eigenvalue weighted by Crippen LogP contribution is -2.28. The smallest absolute Gasteiger partial charge is 0.337 e. The zero-order valence-corrected chi connectivity index (χ0v) is 14.7. The first-order valence-electron chi connectivity index (χ1n) is 7.41. The predicted molar refractivity (Wildman–Crippen MR) is 94.6 cm³/mol. The number of carbonyl (C=O) groups is 1. The Morgan fingerprint density at radius 2 is 2.21 bits per heavy atom.